The molecule has 154 valence electrons. The summed E-state index contributed by atoms with van der Waals surface area (Å²) in [6, 6.07) is 4.80. The highest BCUT2D eigenvalue weighted by atomic mass is 32.2. The number of anilines is 1. The molecule has 2 rings (SSSR count). The van der Waals surface area contributed by atoms with Crippen molar-refractivity contribution in [1.29, 1.82) is 0 Å². The molecule has 1 heterocycles. The van der Waals surface area contributed by atoms with Crippen LogP contribution in [0, 0.1) is 5.82 Å². The molecule has 1 aromatic carbocycles. The average Bonchev–Trinajstić information content (AvgIpc) is 2.69. The Hall–Kier alpha value is -2.49. The van der Waals surface area contributed by atoms with Crippen LogP contribution >= 0.6 is 11.8 Å². The number of hydrogen-bond acceptors (Lipinski definition) is 6. The van der Waals surface area contributed by atoms with E-state index in [1.165, 1.54) is 17.8 Å². The Morgan fingerprint density at radius 1 is 1.25 bits per heavy atom. The largest absolute Gasteiger partial charge is 0.454 e. The van der Waals surface area contributed by atoms with Crippen LogP contribution in [0.1, 0.15) is 6.42 Å². The van der Waals surface area contributed by atoms with Gasteiger partial charge < -0.3 is 25.6 Å². The third-order valence-electron chi connectivity index (χ3n) is 4.38. The van der Waals surface area contributed by atoms with E-state index in [2.05, 4.69) is 5.32 Å². The first kappa shape index (κ1) is 21.8. The van der Waals surface area contributed by atoms with Crippen molar-refractivity contribution in [1.82, 2.24) is 10.2 Å². The molecule has 3 amide bonds. The van der Waals surface area contributed by atoms with Gasteiger partial charge >= 0.3 is 12.0 Å². The number of amides is 3. The number of benzene rings is 1. The van der Waals surface area contributed by atoms with Crippen molar-refractivity contribution in [2.75, 3.05) is 49.7 Å². The number of primary amides is 1. The number of piperazine rings is 1. The SMILES string of the molecule is CSCC[C@H](NC(N)=O)C(=O)OCC(=O)N1CCN(c2ccccc2F)CC1. The van der Waals surface area contributed by atoms with Gasteiger partial charge in [-0.2, -0.15) is 11.8 Å². The molecule has 0 aliphatic carbocycles. The van der Waals surface area contributed by atoms with E-state index in [1.807, 2.05) is 11.2 Å². The summed E-state index contributed by atoms with van der Waals surface area (Å²) in [4.78, 5) is 38.9. The molecule has 0 aromatic heterocycles. The Bertz CT molecular complexity index is 698. The second-order valence-electron chi connectivity index (χ2n) is 6.27. The lowest BCUT2D eigenvalue weighted by atomic mass is 10.2. The van der Waals surface area contributed by atoms with E-state index in [9.17, 15) is 18.8 Å². The van der Waals surface area contributed by atoms with Crippen LogP contribution in [0.25, 0.3) is 0 Å². The van der Waals surface area contributed by atoms with Gasteiger partial charge in [-0.05, 0) is 30.6 Å². The van der Waals surface area contributed by atoms with Crippen LogP contribution in [0.2, 0.25) is 0 Å². The Kier molecular flexibility index (Phi) is 8.37. The smallest absolute Gasteiger partial charge is 0.329 e. The predicted octanol–water partition coefficient (Wildman–Crippen LogP) is 0.808. The Morgan fingerprint density at radius 3 is 2.54 bits per heavy atom. The van der Waals surface area contributed by atoms with Crippen LogP contribution in [-0.2, 0) is 14.3 Å². The Morgan fingerprint density at radius 2 is 1.93 bits per heavy atom. The number of ether oxygens (including phenoxy) is 1. The number of carbonyl (C=O) groups is 3. The number of esters is 1. The summed E-state index contributed by atoms with van der Waals surface area (Å²) in [7, 11) is 0. The van der Waals surface area contributed by atoms with Crippen LogP contribution in [0.5, 0.6) is 0 Å². The molecule has 1 aliphatic heterocycles. The highest BCUT2D eigenvalue weighted by Gasteiger charge is 2.26. The lowest BCUT2D eigenvalue weighted by Crippen LogP contribution is -2.50. The monoisotopic (exact) mass is 412 g/mol. The van der Waals surface area contributed by atoms with Gasteiger partial charge in [0.25, 0.3) is 5.91 Å². The van der Waals surface area contributed by atoms with Gasteiger partial charge in [0.2, 0.25) is 0 Å². The third kappa shape index (κ3) is 6.29. The van der Waals surface area contributed by atoms with Crippen molar-refractivity contribution in [3.05, 3.63) is 30.1 Å². The first-order chi connectivity index (χ1) is 13.4. The van der Waals surface area contributed by atoms with E-state index in [0.717, 1.165) is 0 Å². The molecular weight excluding hydrogens is 387 g/mol. The minimum Gasteiger partial charge on any atom is -0.454 e. The maximum atomic E-state index is 13.9. The van der Waals surface area contributed by atoms with E-state index in [-0.39, 0.29) is 11.7 Å². The maximum absolute atomic E-state index is 13.9. The van der Waals surface area contributed by atoms with Crippen molar-refractivity contribution in [3.63, 3.8) is 0 Å². The van der Waals surface area contributed by atoms with E-state index in [0.29, 0.717) is 44.0 Å². The summed E-state index contributed by atoms with van der Waals surface area (Å²) in [5.41, 5.74) is 5.59. The van der Waals surface area contributed by atoms with Gasteiger partial charge in [-0.1, -0.05) is 12.1 Å². The lowest BCUT2D eigenvalue weighted by molar-refractivity contribution is -0.153. The van der Waals surface area contributed by atoms with Gasteiger partial charge in [-0.15, -0.1) is 0 Å². The second kappa shape index (κ2) is 10.7. The van der Waals surface area contributed by atoms with E-state index < -0.39 is 24.6 Å². The molecule has 0 unspecified atom stereocenters. The highest BCUT2D eigenvalue weighted by Crippen LogP contribution is 2.20. The number of halogens is 1. The minimum atomic E-state index is -0.879. The summed E-state index contributed by atoms with van der Waals surface area (Å²) in [6.07, 6.45) is 2.23. The first-order valence-electron chi connectivity index (χ1n) is 8.91. The second-order valence-corrected chi connectivity index (χ2v) is 7.26. The van der Waals surface area contributed by atoms with Crippen molar-refractivity contribution in [2.45, 2.75) is 12.5 Å². The first-order valence-corrected chi connectivity index (χ1v) is 10.3. The predicted molar refractivity (Wildman–Crippen MR) is 106 cm³/mol. The molecule has 3 N–H and O–H groups in total. The number of nitrogens with two attached hydrogens (primary N) is 1. The molecule has 1 aromatic rings. The molecule has 1 saturated heterocycles. The summed E-state index contributed by atoms with van der Waals surface area (Å²) in [5, 5.41) is 2.33. The average molecular weight is 412 g/mol. The van der Waals surface area contributed by atoms with Crippen molar-refractivity contribution < 1.29 is 23.5 Å². The fourth-order valence-electron chi connectivity index (χ4n) is 2.89. The zero-order valence-electron chi connectivity index (χ0n) is 15.7. The molecule has 10 heteroatoms. The molecular formula is C18H25FN4O4S. The van der Waals surface area contributed by atoms with Crippen molar-refractivity contribution in [3.8, 4) is 0 Å². The highest BCUT2D eigenvalue weighted by molar-refractivity contribution is 7.98. The van der Waals surface area contributed by atoms with E-state index in [4.69, 9.17) is 10.5 Å². The lowest BCUT2D eigenvalue weighted by Gasteiger charge is -2.36. The van der Waals surface area contributed by atoms with Gasteiger partial charge in [0.1, 0.15) is 11.9 Å². The zero-order chi connectivity index (χ0) is 20.5. The van der Waals surface area contributed by atoms with Crippen LogP contribution in [-0.4, -0.2) is 73.6 Å². The Balaban J connectivity index is 1.81. The maximum Gasteiger partial charge on any atom is 0.329 e. The third-order valence-corrected chi connectivity index (χ3v) is 5.02. The number of nitrogens with one attached hydrogen (secondary N) is 1. The molecule has 1 aliphatic rings. The van der Waals surface area contributed by atoms with Crippen LogP contribution in [0.15, 0.2) is 24.3 Å². The number of rotatable bonds is 8. The standard InChI is InChI=1S/C18H25FN4O4S/c1-28-11-6-14(21-18(20)26)17(25)27-12-16(24)23-9-7-22(8-10-23)15-5-3-2-4-13(15)19/h2-5,14H,6-12H2,1H3,(H3,20,21,26)/t14-/m0/s1. The van der Waals surface area contributed by atoms with E-state index in [1.54, 1.807) is 23.1 Å². The van der Waals surface area contributed by atoms with Gasteiger partial charge in [-0.25, -0.2) is 14.0 Å². The van der Waals surface area contributed by atoms with Crippen LogP contribution in [0.4, 0.5) is 14.9 Å². The number of carbonyl (C=O) groups excluding carboxylic acids is 3. The topological polar surface area (TPSA) is 105 Å². The van der Waals surface area contributed by atoms with Gasteiger partial charge in [0.05, 0.1) is 5.69 Å². The quantitative estimate of drug-likeness (QED) is 0.612. The number of thioether (sulfide) groups is 1. The zero-order valence-corrected chi connectivity index (χ0v) is 16.5. The van der Waals surface area contributed by atoms with Crippen molar-refractivity contribution in [2.24, 2.45) is 5.73 Å². The minimum absolute atomic E-state index is 0.297. The number of nitrogens with zero attached hydrogens (tertiary/aromatic N) is 2. The van der Waals surface area contributed by atoms with Gasteiger partial charge in [-0.3, -0.25) is 4.79 Å². The van der Waals surface area contributed by atoms with Gasteiger partial charge in [0, 0.05) is 26.2 Å². The number of hydrogen-bond donors (Lipinski definition) is 2. The summed E-state index contributed by atoms with van der Waals surface area (Å²) >= 11 is 1.51. The van der Waals surface area contributed by atoms with Crippen LogP contribution in [0.3, 0.4) is 0 Å². The normalized spacial score (nSPS) is 15.1. The summed E-state index contributed by atoms with van der Waals surface area (Å²) in [5.74, 6) is -0.684. The molecule has 1 atom stereocenters. The van der Waals surface area contributed by atoms with Crippen molar-refractivity contribution >= 4 is 35.4 Å². The molecule has 28 heavy (non-hydrogen) atoms. The van der Waals surface area contributed by atoms with Crippen LogP contribution < -0.4 is 16.0 Å². The molecule has 0 spiro atoms. The molecule has 1 fully saturated rings. The number of para-hydroxylation sites is 1. The van der Waals surface area contributed by atoms with Gasteiger partial charge in [0.15, 0.2) is 6.61 Å². The molecule has 0 saturated carbocycles. The summed E-state index contributed by atoms with van der Waals surface area (Å²) in [6.45, 7) is 1.37. The molecule has 0 bridgehead atoms. The molecule has 0 radical (unpaired) electrons. The fourth-order valence-corrected chi connectivity index (χ4v) is 3.36. The van der Waals surface area contributed by atoms with E-state index >= 15 is 0 Å². The fraction of sp³-hybridized carbons (Fsp3) is 0.500. The molecule has 8 nitrogen and oxygen atoms in total. The number of urea groups is 1. The Labute approximate surface area is 167 Å². The summed E-state index contributed by atoms with van der Waals surface area (Å²) < 4.78 is 18.9.